The third-order valence-electron chi connectivity index (χ3n) is 6.33. The van der Waals surface area contributed by atoms with Gasteiger partial charge in [-0.15, -0.1) is 0 Å². The molecule has 1 nitrogen and oxygen atoms in total. The monoisotopic (exact) mass is 447 g/mol. The molecule has 29 heavy (non-hydrogen) atoms. The van der Waals surface area contributed by atoms with Gasteiger partial charge in [0.15, 0.2) is 0 Å². The van der Waals surface area contributed by atoms with E-state index in [9.17, 15) is 0 Å². The Kier molecular flexibility index (Phi) is 7.10. The summed E-state index contributed by atoms with van der Waals surface area (Å²) in [5, 5.41) is 0. The van der Waals surface area contributed by atoms with Gasteiger partial charge in [0, 0.05) is 6.42 Å². The van der Waals surface area contributed by atoms with Gasteiger partial charge in [-0.05, 0) is 59.7 Å². The van der Waals surface area contributed by atoms with Crippen LogP contribution in [0.3, 0.4) is 0 Å². The Hall–Kier alpha value is -2.16. The van der Waals surface area contributed by atoms with E-state index in [1.54, 1.807) is 0 Å². The molecule has 3 aromatic carbocycles. The Morgan fingerprint density at radius 1 is 0.759 bits per heavy atom. The summed E-state index contributed by atoms with van der Waals surface area (Å²) in [5.41, 5.74) is 8.58. The van der Waals surface area contributed by atoms with Gasteiger partial charge in [0.25, 0.3) is 0 Å². The molecule has 0 saturated heterocycles. The van der Waals surface area contributed by atoms with Gasteiger partial charge in [-0.25, -0.2) is 0 Å². The average molecular weight is 448 g/mol. The highest BCUT2D eigenvalue weighted by Gasteiger charge is 2.22. The van der Waals surface area contributed by atoms with Gasteiger partial charge in [-0.1, -0.05) is 72.8 Å². The minimum Gasteiger partial charge on any atom is -1.00 e. The number of rotatable bonds is 5. The fourth-order valence-corrected chi connectivity index (χ4v) is 4.39. The molecule has 0 spiro atoms. The van der Waals surface area contributed by atoms with Gasteiger partial charge >= 0.3 is 0 Å². The SMILES string of the molecule is CC[N+](C)(CCC=C1c2ccccc2CCc2ccccc21)c1ccccc1.[Br-]. The number of halogens is 1. The van der Waals surface area contributed by atoms with Gasteiger partial charge in [-0.2, -0.15) is 0 Å². The van der Waals surface area contributed by atoms with Crippen molar-refractivity contribution < 1.29 is 17.0 Å². The number of nitrogens with zero attached hydrogens (tertiary/aromatic N) is 1. The molecule has 0 heterocycles. The molecule has 0 fully saturated rings. The van der Waals surface area contributed by atoms with Crippen LogP contribution in [0.5, 0.6) is 0 Å². The van der Waals surface area contributed by atoms with E-state index < -0.39 is 0 Å². The van der Waals surface area contributed by atoms with Crippen molar-refractivity contribution in [2.24, 2.45) is 0 Å². The van der Waals surface area contributed by atoms with Crippen LogP contribution in [0.2, 0.25) is 0 Å². The molecule has 1 aliphatic carbocycles. The maximum Gasteiger partial charge on any atom is 0.132 e. The molecular formula is C27H30BrN. The molecule has 4 rings (SSSR count). The lowest BCUT2D eigenvalue weighted by Gasteiger charge is -2.32. The van der Waals surface area contributed by atoms with Crippen LogP contribution >= 0.6 is 0 Å². The summed E-state index contributed by atoms with van der Waals surface area (Å²) in [6.07, 6.45) is 5.80. The van der Waals surface area contributed by atoms with Crippen LogP contribution in [-0.4, -0.2) is 20.1 Å². The highest BCUT2D eigenvalue weighted by molar-refractivity contribution is 5.83. The zero-order valence-corrected chi connectivity index (χ0v) is 19.0. The normalized spacial score (nSPS) is 14.6. The van der Waals surface area contributed by atoms with E-state index in [-0.39, 0.29) is 17.0 Å². The third kappa shape index (κ3) is 4.55. The summed E-state index contributed by atoms with van der Waals surface area (Å²) in [4.78, 5) is 0. The van der Waals surface area contributed by atoms with Gasteiger partial charge < -0.3 is 17.0 Å². The predicted molar refractivity (Wildman–Crippen MR) is 122 cm³/mol. The van der Waals surface area contributed by atoms with Crippen molar-refractivity contribution in [2.75, 3.05) is 20.1 Å². The number of benzene rings is 3. The molecule has 0 N–H and O–H groups in total. The predicted octanol–water partition coefficient (Wildman–Crippen LogP) is 3.27. The van der Waals surface area contributed by atoms with Crippen molar-refractivity contribution in [1.82, 2.24) is 4.48 Å². The zero-order valence-electron chi connectivity index (χ0n) is 17.4. The Morgan fingerprint density at radius 3 is 1.83 bits per heavy atom. The van der Waals surface area contributed by atoms with Crippen molar-refractivity contribution in [1.29, 1.82) is 0 Å². The Labute approximate surface area is 186 Å². The van der Waals surface area contributed by atoms with E-state index in [0.717, 1.165) is 36.8 Å². The Bertz CT molecular complexity index is 927. The second-order valence-electron chi connectivity index (χ2n) is 7.99. The van der Waals surface area contributed by atoms with Gasteiger partial charge in [-0.3, -0.25) is 4.48 Å². The third-order valence-corrected chi connectivity index (χ3v) is 6.33. The van der Waals surface area contributed by atoms with Crippen LogP contribution in [0.25, 0.3) is 5.57 Å². The maximum atomic E-state index is 2.48. The van der Waals surface area contributed by atoms with Crippen LogP contribution < -0.4 is 21.5 Å². The summed E-state index contributed by atoms with van der Waals surface area (Å²) in [6, 6.07) is 28.8. The van der Waals surface area contributed by atoms with E-state index >= 15 is 0 Å². The number of quaternary nitrogens is 1. The summed E-state index contributed by atoms with van der Waals surface area (Å²) in [7, 11) is 2.35. The largest absolute Gasteiger partial charge is 1.00 e. The number of hydrogen-bond donors (Lipinski definition) is 0. The van der Waals surface area contributed by atoms with Crippen LogP contribution in [0.4, 0.5) is 5.69 Å². The molecule has 0 bridgehead atoms. The molecule has 0 aliphatic heterocycles. The molecule has 1 unspecified atom stereocenters. The fourth-order valence-electron chi connectivity index (χ4n) is 4.39. The number of hydrogen-bond acceptors (Lipinski definition) is 0. The summed E-state index contributed by atoms with van der Waals surface area (Å²) in [6.45, 7) is 4.49. The number of fused-ring (bicyclic) bond motifs is 2. The lowest BCUT2D eigenvalue weighted by Crippen LogP contribution is -3.00. The quantitative estimate of drug-likeness (QED) is 0.526. The Balaban J connectivity index is 0.00000240. The lowest BCUT2D eigenvalue weighted by atomic mass is 9.93. The minimum absolute atomic E-state index is 0. The number of aryl methyl sites for hydroxylation is 2. The van der Waals surface area contributed by atoms with Crippen LogP contribution in [-0.2, 0) is 12.8 Å². The van der Waals surface area contributed by atoms with Crippen molar-refractivity contribution in [3.05, 3.63) is 107 Å². The highest BCUT2D eigenvalue weighted by Crippen LogP contribution is 2.34. The molecule has 1 aliphatic rings. The molecule has 150 valence electrons. The second-order valence-corrected chi connectivity index (χ2v) is 7.99. The molecule has 0 amide bonds. The summed E-state index contributed by atoms with van der Waals surface area (Å²) in [5.74, 6) is 0. The van der Waals surface area contributed by atoms with E-state index in [4.69, 9.17) is 0 Å². The summed E-state index contributed by atoms with van der Waals surface area (Å²) < 4.78 is 0.966. The molecule has 2 heteroatoms. The maximum absolute atomic E-state index is 2.48. The lowest BCUT2D eigenvalue weighted by molar-refractivity contribution is -0.00000563. The van der Waals surface area contributed by atoms with Crippen molar-refractivity contribution in [2.45, 2.75) is 26.2 Å². The van der Waals surface area contributed by atoms with Gasteiger partial charge in [0.1, 0.15) is 5.69 Å². The first-order valence-electron chi connectivity index (χ1n) is 10.5. The van der Waals surface area contributed by atoms with Crippen molar-refractivity contribution in [3.63, 3.8) is 0 Å². The Morgan fingerprint density at radius 2 is 1.28 bits per heavy atom. The minimum atomic E-state index is 0. The topological polar surface area (TPSA) is 0 Å². The van der Waals surface area contributed by atoms with Gasteiger partial charge in [0.05, 0.1) is 20.1 Å². The van der Waals surface area contributed by atoms with E-state index in [1.165, 1.54) is 33.5 Å². The van der Waals surface area contributed by atoms with E-state index in [1.807, 2.05) is 0 Å². The molecule has 3 aromatic rings. The number of para-hydroxylation sites is 1. The van der Waals surface area contributed by atoms with Gasteiger partial charge in [0.2, 0.25) is 0 Å². The molecular weight excluding hydrogens is 418 g/mol. The molecule has 1 atom stereocenters. The average Bonchev–Trinajstić information content (AvgIpc) is 2.92. The first kappa shape index (κ1) is 21.5. The molecule has 0 radical (unpaired) electrons. The molecule has 0 saturated carbocycles. The second kappa shape index (κ2) is 9.56. The zero-order chi connectivity index (χ0) is 19.4. The highest BCUT2D eigenvalue weighted by atomic mass is 79.9. The smallest absolute Gasteiger partial charge is 0.132 e. The van der Waals surface area contributed by atoms with E-state index in [2.05, 4.69) is 98.9 Å². The van der Waals surface area contributed by atoms with Crippen LogP contribution in [0.1, 0.15) is 35.6 Å². The first-order valence-corrected chi connectivity index (χ1v) is 10.5. The first-order chi connectivity index (χ1) is 13.7. The van der Waals surface area contributed by atoms with Crippen molar-refractivity contribution >= 4 is 11.3 Å². The molecule has 0 aromatic heterocycles. The standard InChI is InChI=1S/C27H30N.BrH/c1-3-28(2,24-14-5-4-6-15-24)21-11-18-27-25-16-9-7-12-22(25)19-20-23-13-8-10-17-26(23)27;/h4-10,12-18H,3,11,19-21H2,1-2H3;1H/q+1;/p-1. The van der Waals surface area contributed by atoms with E-state index in [0.29, 0.717) is 0 Å². The van der Waals surface area contributed by atoms with Crippen LogP contribution in [0.15, 0.2) is 84.9 Å². The fraction of sp³-hybridized carbons (Fsp3) is 0.259. The summed E-state index contributed by atoms with van der Waals surface area (Å²) >= 11 is 0. The van der Waals surface area contributed by atoms with Crippen molar-refractivity contribution in [3.8, 4) is 0 Å². The van der Waals surface area contributed by atoms with Crippen LogP contribution in [0, 0.1) is 0 Å².